The highest BCUT2D eigenvalue weighted by molar-refractivity contribution is 9.10. The highest BCUT2D eigenvalue weighted by Crippen LogP contribution is 2.46. The van der Waals surface area contributed by atoms with Crippen LogP contribution < -0.4 is 10.5 Å². The van der Waals surface area contributed by atoms with Crippen LogP contribution in [0.5, 0.6) is 5.75 Å². The van der Waals surface area contributed by atoms with Gasteiger partial charge < -0.3 is 15.2 Å². The molecular weight excluding hydrogens is 502 g/mol. The SMILES string of the molecule is CC(C)[C@@H]1CC[C@@H](C)C[C@H]1OC(=O)C1=C(N)Oc2c(ccc3ccccc23)C1c1ccc(Br)cc1. The molecule has 4 nitrogen and oxygen atoms in total. The van der Waals surface area contributed by atoms with Gasteiger partial charge in [-0.25, -0.2) is 4.79 Å². The predicted molar refractivity (Wildman–Crippen MR) is 143 cm³/mol. The summed E-state index contributed by atoms with van der Waals surface area (Å²) >= 11 is 3.53. The number of rotatable bonds is 4. The van der Waals surface area contributed by atoms with Crippen molar-refractivity contribution < 1.29 is 14.3 Å². The van der Waals surface area contributed by atoms with Crippen molar-refractivity contribution in [2.24, 2.45) is 23.5 Å². The minimum atomic E-state index is -0.376. The molecular formula is C30H32BrNO3. The van der Waals surface area contributed by atoms with Crippen LogP contribution in [0.3, 0.4) is 0 Å². The number of carbonyl (C=O) groups excluding carboxylic acids is 1. The summed E-state index contributed by atoms with van der Waals surface area (Å²) < 4.78 is 13.4. The van der Waals surface area contributed by atoms with Gasteiger partial charge in [0.25, 0.3) is 0 Å². The van der Waals surface area contributed by atoms with Crippen molar-refractivity contribution in [1.82, 2.24) is 0 Å². The highest BCUT2D eigenvalue weighted by Gasteiger charge is 2.39. The Bertz CT molecular complexity index is 1280. The van der Waals surface area contributed by atoms with E-state index in [1.54, 1.807) is 0 Å². The molecule has 3 aromatic rings. The molecule has 0 radical (unpaired) electrons. The van der Waals surface area contributed by atoms with Gasteiger partial charge in [0.1, 0.15) is 17.4 Å². The van der Waals surface area contributed by atoms with Crippen LogP contribution in [0.15, 0.2) is 76.6 Å². The number of hydrogen-bond acceptors (Lipinski definition) is 4. The van der Waals surface area contributed by atoms with E-state index in [0.29, 0.717) is 29.1 Å². The fourth-order valence-electron chi connectivity index (χ4n) is 5.73. The molecule has 2 aliphatic rings. The van der Waals surface area contributed by atoms with Gasteiger partial charge in [-0.2, -0.15) is 0 Å². The third-order valence-corrected chi connectivity index (χ3v) is 8.16. The first-order chi connectivity index (χ1) is 16.8. The smallest absolute Gasteiger partial charge is 0.340 e. The standard InChI is InChI=1S/C30H32BrNO3/c1-17(2)22-14-8-18(3)16-25(22)34-30(33)27-26(20-9-12-21(31)13-10-20)24-15-11-19-6-4-5-7-23(19)28(24)35-29(27)32/h4-7,9-13,15,17-18,22,25-26H,8,14,16,32H2,1-3H3/t18-,22+,25-,26?/m1/s1. The molecule has 0 spiro atoms. The lowest BCUT2D eigenvalue weighted by molar-refractivity contribution is -0.151. The van der Waals surface area contributed by atoms with E-state index < -0.39 is 0 Å². The molecule has 182 valence electrons. The molecule has 1 aliphatic heterocycles. The second kappa shape index (κ2) is 9.69. The molecule has 0 saturated heterocycles. The van der Waals surface area contributed by atoms with E-state index in [-0.39, 0.29) is 23.9 Å². The van der Waals surface area contributed by atoms with E-state index >= 15 is 0 Å². The molecule has 4 atom stereocenters. The number of esters is 1. The first-order valence-electron chi connectivity index (χ1n) is 12.5. The summed E-state index contributed by atoms with van der Waals surface area (Å²) in [6, 6.07) is 20.2. The number of benzene rings is 3. The second-order valence-corrected chi connectivity index (χ2v) is 11.3. The molecule has 5 heteroatoms. The molecule has 2 N–H and O–H groups in total. The summed E-state index contributed by atoms with van der Waals surface area (Å²) in [5.74, 6) is 1.41. The van der Waals surface area contributed by atoms with Crippen molar-refractivity contribution in [3.63, 3.8) is 0 Å². The first kappa shape index (κ1) is 23.9. The van der Waals surface area contributed by atoms with E-state index in [9.17, 15) is 4.79 Å². The molecule has 1 aliphatic carbocycles. The summed E-state index contributed by atoms with van der Waals surface area (Å²) in [7, 11) is 0. The second-order valence-electron chi connectivity index (χ2n) is 10.3. The summed E-state index contributed by atoms with van der Waals surface area (Å²) in [6.45, 7) is 6.66. The Morgan fingerprint density at radius 1 is 1.06 bits per heavy atom. The number of ether oxygens (including phenoxy) is 2. The lowest BCUT2D eigenvalue weighted by Gasteiger charge is -2.37. The summed E-state index contributed by atoms with van der Waals surface area (Å²) in [5, 5.41) is 2.04. The number of halogens is 1. The molecule has 5 rings (SSSR count). The predicted octanol–water partition coefficient (Wildman–Crippen LogP) is 7.30. The zero-order valence-electron chi connectivity index (χ0n) is 20.5. The lowest BCUT2D eigenvalue weighted by Crippen LogP contribution is -2.37. The minimum Gasteiger partial charge on any atom is -0.459 e. The molecule has 1 unspecified atom stereocenters. The van der Waals surface area contributed by atoms with Crippen molar-refractivity contribution in [3.8, 4) is 5.75 Å². The van der Waals surface area contributed by atoms with Gasteiger partial charge in [-0.3, -0.25) is 0 Å². The minimum absolute atomic E-state index is 0.116. The largest absolute Gasteiger partial charge is 0.459 e. The lowest BCUT2D eigenvalue weighted by atomic mass is 9.75. The van der Waals surface area contributed by atoms with Crippen molar-refractivity contribution in [3.05, 3.63) is 87.7 Å². The number of fused-ring (bicyclic) bond motifs is 3. The Balaban J connectivity index is 1.58. The third-order valence-electron chi connectivity index (χ3n) is 7.63. The van der Waals surface area contributed by atoms with Crippen LogP contribution >= 0.6 is 15.9 Å². The Morgan fingerprint density at radius 2 is 1.80 bits per heavy atom. The third kappa shape index (κ3) is 4.58. The molecule has 3 aromatic carbocycles. The molecule has 1 saturated carbocycles. The van der Waals surface area contributed by atoms with Gasteiger partial charge in [0.2, 0.25) is 5.88 Å². The fourth-order valence-corrected chi connectivity index (χ4v) is 6.00. The fraction of sp³-hybridized carbons (Fsp3) is 0.367. The van der Waals surface area contributed by atoms with Gasteiger partial charge in [0.05, 0.1) is 5.92 Å². The van der Waals surface area contributed by atoms with Gasteiger partial charge in [0.15, 0.2) is 0 Å². The van der Waals surface area contributed by atoms with Crippen molar-refractivity contribution >= 4 is 32.7 Å². The Hall–Kier alpha value is -2.79. The molecule has 35 heavy (non-hydrogen) atoms. The van der Waals surface area contributed by atoms with Crippen LogP contribution in [0, 0.1) is 17.8 Å². The normalized spacial score (nSPS) is 24.3. The monoisotopic (exact) mass is 533 g/mol. The van der Waals surface area contributed by atoms with Crippen LogP contribution in [0.4, 0.5) is 0 Å². The number of carbonyl (C=O) groups is 1. The summed E-state index contributed by atoms with van der Waals surface area (Å²) in [6.07, 6.45) is 3.02. The van der Waals surface area contributed by atoms with Crippen molar-refractivity contribution in [1.29, 1.82) is 0 Å². The Morgan fingerprint density at radius 3 is 2.54 bits per heavy atom. The average Bonchev–Trinajstić information content (AvgIpc) is 2.83. The van der Waals surface area contributed by atoms with Gasteiger partial charge in [0, 0.05) is 15.4 Å². The van der Waals surface area contributed by atoms with Crippen LogP contribution in [-0.4, -0.2) is 12.1 Å². The quantitative estimate of drug-likeness (QED) is 0.357. The Labute approximate surface area is 215 Å². The van der Waals surface area contributed by atoms with E-state index in [4.69, 9.17) is 15.2 Å². The maximum absolute atomic E-state index is 13.8. The number of hydrogen-bond donors (Lipinski definition) is 1. The van der Waals surface area contributed by atoms with E-state index in [1.807, 2.05) is 54.6 Å². The van der Waals surface area contributed by atoms with E-state index in [2.05, 4.69) is 42.8 Å². The maximum atomic E-state index is 13.8. The zero-order valence-corrected chi connectivity index (χ0v) is 22.0. The molecule has 1 heterocycles. The molecule has 0 amide bonds. The van der Waals surface area contributed by atoms with Crippen LogP contribution in [0.2, 0.25) is 0 Å². The number of nitrogens with two attached hydrogens (primary N) is 1. The Kier molecular flexibility index (Phi) is 6.63. The summed E-state index contributed by atoms with van der Waals surface area (Å²) in [4.78, 5) is 13.8. The van der Waals surface area contributed by atoms with Crippen molar-refractivity contribution in [2.75, 3.05) is 0 Å². The van der Waals surface area contributed by atoms with Crippen molar-refractivity contribution in [2.45, 2.75) is 52.1 Å². The van der Waals surface area contributed by atoms with Gasteiger partial charge >= 0.3 is 5.97 Å². The first-order valence-corrected chi connectivity index (χ1v) is 13.3. The van der Waals surface area contributed by atoms with Gasteiger partial charge in [-0.1, -0.05) is 91.7 Å². The van der Waals surface area contributed by atoms with Gasteiger partial charge in [-0.05, 0) is 53.7 Å². The van der Waals surface area contributed by atoms with Crippen LogP contribution in [0.1, 0.15) is 57.1 Å². The maximum Gasteiger partial charge on any atom is 0.340 e. The average molecular weight is 534 g/mol. The van der Waals surface area contributed by atoms with E-state index in [0.717, 1.165) is 39.2 Å². The topological polar surface area (TPSA) is 61.5 Å². The summed E-state index contributed by atoms with van der Waals surface area (Å²) in [5.41, 5.74) is 8.80. The molecule has 0 aromatic heterocycles. The van der Waals surface area contributed by atoms with Gasteiger partial charge in [-0.15, -0.1) is 0 Å². The highest BCUT2D eigenvalue weighted by atomic mass is 79.9. The van der Waals surface area contributed by atoms with Crippen LogP contribution in [0.25, 0.3) is 10.8 Å². The van der Waals surface area contributed by atoms with Crippen LogP contribution in [-0.2, 0) is 9.53 Å². The molecule has 0 bridgehead atoms. The van der Waals surface area contributed by atoms with E-state index in [1.165, 1.54) is 6.42 Å². The molecule has 1 fully saturated rings. The zero-order chi connectivity index (χ0) is 24.7.